The van der Waals surface area contributed by atoms with Crippen molar-refractivity contribution in [2.45, 2.75) is 37.6 Å². The Morgan fingerprint density at radius 3 is 2.53 bits per heavy atom. The molecule has 0 spiro atoms. The number of halogens is 2. The molecule has 0 fully saturated rings. The Bertz CT molecular complexity index is 1230. The molecule has 2 aliphatic rings. The normalized spacial score (nSPS) is 24.5. The topological polar surface area (TPSA) is 92.8 Å². The van der Waals surface area contributed by atoms with Crippen LogP contribution in [0.15, 0.2) is 45.9 Å². The smallest absolute Gasteiger partial charge is 0.258 e. The molecular weight excluding hydrogens is 473 g/mol. The van der Waals surface area contributed by atoms with Crippen LogP contribution in [0.25, 0.3) is 0 Å². The second kappa shape index (κ2) is 6.62. The van der Waals surface area contributed by atoms with Crippen molar-refractivity contribution in [2.24, 2.45) is 10.7 Å². The van der Waals surface area contributed by atoms with Crippen LogP contribution in [0, 0.1) is 5.82 Å². The Morgan fingerprint density at radius 2 is 1.87 bits per heavy atom. The Labute approximate surface area is 183 Å². The Hall–Kier alpha value is -2.26. The number of fused-ring (bicyclic) bond motifs is 1. The molecule has 9 heteroatoms. The standard InChI is InChI=1S/C21H21BrFN3O3S/c1-20(2)19(24)25-21(3,11-30(20,28)29)16-9-14(5-7-17(16)23)26-10-12-8-13(22)4-6-15(12)18(26)27/h4-9H,10-11H2,1-3H3,(H2,24,25)/t21-/m0/s1. The minimum Gasteiger partial charge on any atom is -0.386 e. The first-order chi connectivity index (χ1) is 13.9. The highest BCUT2D eigenvalue weighted by molar-refractivity contribution is 9.10. The van der Waals surface area contributed by atoms with Gasteiger partial charge < -0.3 is 10.6 Å². The van der Waals surface area contributed by atoms with E-state index in [1.165, 1.54) is 36.9 Å². The van der Waals surface area contributed by atoms with E-state index in [0.29, 0.717) is 17.8 Å². The van der Waals surface area contributed by atoms with E-state index < -0.39 is 25.9 Å². The van der Waals surface area contributed by atoms with Gasteiger partial charge in [0.15, 0.2) is 9.84 Å². The first kappa shape index (κ1) is 21.0. The van der Waals surface area contributed by atoms with Crippen molar-refractivity contribution in [2.75, 3.05) is 10.7 Å². The van der Waals surface area contributed by atoms with Gasteiger partial charge in [-0.05, 0) is 62.7 Å². The molecule has 6 nitrogen and oxygen atoms in total. The molecule has 4 rings (SSSR count). The average molecular weight is 494 g/mol. The van der Waals surface area contributed by atoms with Crippen molar-refractivity contribution in [1.82, 2.24) is 0 Å². The lowest BCUT2D eigenvalue weighted by Gasteiger charge is -2.38. The van der Waals surface area contributed by atoms with Gasteiger partial charge in [-0.1, -0.05) is 15.9 Å². The van der Waals surface area contributed by atoms with Gasteiger partial charge in [0.05, 0.1) is 12.3 Å². The van der Waals surface area contributed by atoms with Gasteiger partial charge in [0.25, 0.3) is 5.91 Å². The zero-order valence-electron chi connectivity index (χ0n) is 16.7. The summed E-state index contributed by atoms with van der Waals surface area (Å²) in [6.07, 6.45) is 0. The number of rotatable bonds is 2. The summed E-state index contributed by atoms with van der Waals surface area (Å²) < 4.78 is 40.1. The third-order valence-corrected chi connectivity index (χ3v) is 9.15. The first-order valence-electron chi connectivity index (χ1n) is 9.34. The second-order valence-electron chi connectivity index (χ2n) is 8.40. The van der Waals surface area contributed by atoms with Crippen LogP contribution < -0.4 is 10.6 Å². The third-order valence-electron chi connectivity index (χ3n) is 5.95. The zero-order valence-corrected chi connectivity index (χ0v) is 19.1. The summed E-state index contributed by atoms with van der Waals surface area (Å²) in [6, 6.07) is 9.66. The maximum absolute atomic E-state index is 14.9. The molecule has 0 saturated carbocycles. The van der Waals surface area contributed by atoms with E-state index in [9.17, 15) is 17.6 Å². The fourth-order valence-corrected chi connectivity index (χ4v) is 5.97. The molecular formula is C21H21BrFN3O3S. The van der Waals surface area contributed by atoms with Gasteiger partial charge in [-0.25, -0.2) is 12.8 Å². The van der Waals surface area contributed by atoms with Gasteiger partial charge in [-0.15, -0.1) is 0 Å². The molecule has 30 heavy (non-hydrogen) atoms. The molecule has 2 N–H and O–H groups in total. The van der Waals surface area contributed by atoms with Crippen LogP contribution in [0.2, 0.25) is 0 Å². The van der Waals surface area contributed by atoms with E-state index >= 15 is 0 Å². The first-order valence-corrected chi connectivity index (χ1v) is 11.8. The highest BCUT2D eigenvalue weighted by Crippen LogP contribution is 2.40. The maximum atomic E-state index is 14.9. The lowest BCUT2D eigenvalue weighted by Crippen LogP contribution is -2.55. The minimum absolute atomic E-state index is 0.0597. The number of hydrogen-bond acceptors (Lipinski definition) is 5. The van der Waals surface area contributed by atoms with Crippen LogP contribution in [-0.2, 0) is 21.9 Å². The Balaban J connectivity index is 1.79. The van der Waals surface area contributed by atoms with Crippen LogP contribution in [0.3, 0.4) is 0 Å². The highest BCUT2D eigenvalue weighted by atomic mass is 79.9. The van der Waals surface area contributed by atoms with Crippen LogP contribution in [0.1, 0.15) is 42.3 Å². The molecule has 2 aromatic rings. The van der Waals surface area contributed by atoms with Crippen molar-refractivity contribution in [3.05, 3.63) is 63.4 Å². The number of anilines is 1. The summed E-state index contributed by atoms with van der Waals surface area (Å²) in [5.41, 5.74) is 6.60. The number of nitrogens with two attached hydrogens (primary N) is 1. The molecule has 1 amide bonds. The molecule has 0 unspecified atom stereocenters. The molecule has 0 radical (unpaired) electrons. The summed E-state index contributed by atoms with van der Waals surface area (Å²) in [5.74, 6) is -1.23. The summed E-state index contributed by atoms with van der Waals surface area (Å²) in [6.45, 7) is 4.87. The molecule has 0 saturated heterocycles. The van der Waals surface area contributed by atoms with Crippen molar-refractivity contribution in [1.29, 1.82) is 0 Å². The zero-order chi connectivity index (χ0) is 22.1. The van der Waals surface area contributed by atoms with E-state index in [1.807, 2.05) is 6.07 Å². The van der Waals surface area contributed by atoms with Gasteiger partial charge in [0.1, 0.15) is 21.9 Å². The summed E-state index contributed by atoms with van der Waals surface area (Å²) in [4.78, 5) is 18.8. The van der Waals surface area contributed by atoms with Crippen molar-refractivity contribution in [3.8, 4) is 0 Å². The van der Waals surface area contributed by atoms with Gasteiger partial charge in [-0.2, -0.15) is 0 Å². The largest absolute Gasteiger partial charge is 0.386 e. The SMILES string of the molecule is CC1(C)C(N)=N[C@](C)(c2cc(N3Cc4cc(Br)ccc4C3=O)ccc2F)CS1(=O)=O. The number of amides is 1. The summed E-state index contributed by atoms with van der Waals surface area (Å²) in [7, 11) is -3.68. The van der Waals surface area contributed by atoms with Gasteiger partial charge >= 0.3 is 0 Å². The highest BCUT2D eigenvalue weighted by Gasteiger charge is 2.49. The summed E-state index contributed by atoms with van der Waals surface area (Å²) in [5, 5.41) is 0. The van der Waals surface area contributed by atoms with E-state index in [2.05, 4.69) is 20.9 Å². The molecule has 0 bridgehead atoms. The third kappa shape index (κ3) is 3.06. The fraction of sp³-hybridized carbons (Fsp3) is 0.333. The van der Waals surface area contributed by atoms with Gasteiger partial charge in [0, 0.05) is 21.3 Å². The fourth-order valence-electron chi connectivity index (χ4n) is 3.87. The molecule has 158 valence electrons. The van der Waals surface area contributed by atoms with Crippen LogP contribution in [-0.4, -0.2) is 30.7 Å². The van der Waals surface area contributed by atoms with Crippen LogP contribution in [0.5, 0.6) is 0 Å². The number of benzene rings is 2. The molecule has 2 aliphatic heterocycles. The Kier molecular flexibility index (Phi) is 4.63. The summed E-state index contributed by atoms with van der Waals surface area (Å²) >= 11 is 3.40. The van der Waals surface area contributed by atoms with E-state index in [1.54, 1.807) is 19.1 Å². The lowest BCUT2D eigenvalue weighted by molar-refractivity contribution is 0.0996. The second-order valence-corrected chi connectivity index (χ2v) is 11.9. The Morgan fingerprint density at radius 1 is 1.17 bits per heavy atom. The predicted molar refractivity (Wildman–Crippen MR) is 118 cm³/mol. The van der Waals surface area contributed by atoms with Crippen molar-refractivity contribution in [3.63, 3.8) is 0 Å². The van der Waals surface area contributed by atoms with E-state index in [0.717, 1.165) is 10.0 Å². The number of nitrogens with zero attached hydrogens (tertiary/aromatic N) is 2. The minimum atomic E-state index is -3.68. The predicted octanol–water partition coefficient (Wildman–Crippen LogP) is 3.53. The molecule has 2 heterocycles. The monoisotopic (exact) mass is 493 g/mol. The number of sulfone groups is 1. The van der Waals surface area contributed by atoms with E-state index in [-0.39, 0.29) is 23.1 Å². The lowest BCUT2D eigenvalue weighted by atomic mass is 9.92. The molecule has 0 aliphatic carbocycles. The van der Waals surface area contributed by atoms with Crippen LogP contribution >= 0.6 is 15.9 Å². The van der Waals surface area contributed by atoms with Gasteiger partial charge in [0.2, 0.25) is 0 Å². The van der Waals surface area contributed by atoms with Crippen molar-refractivity contribution < 1.29 is 17.6 Å². The number of amidine groups is 1. The molecule has 0 aromatic heterocycles. The number of aliphatic imine (C=N–C) groups is 1. The van der Waals surface area contributed by atoms with E-state index in [4.69, 9.17) is 5.73 Å². The quantitative estimate of drug-likeness (QED) is 0.692. The van der Waals surface area contributed by atoms with Gasteiger partial charge in [-0.3, -0.25) is 9.79 Å². The molecule has 2 aromatic carbocycles. The number of carbonyl (C=O) groups is 1. The maximum Gasteiger partial charge on any atom is 0.258 e. The number of hydrogen-bond donors (Lipinski definition) is 1. The number of carbonyl (C=O) groups excluding carboxylic acids is 1. The van der Waals surface area contributed by atoms with Crippen molar-refractivity contribution >= 4 is 43.2 Å². The van der Waals surface area contributed by atoms with Crippen LogP contribution in [0.4, 0.5) is 10.1 Å². The molecule has 1 atom stereocenters. The average Bonchev–Trinajstić information content (AvgIpc) is 2.96.